The number of benzene rings is 1. The summed E-state index contributed by atoms with van der Waals surface area (Å²) in [4.78, 5) is 8.44. The molecule has 6 nitrogen and oxygen atoms in total. The summed E-state index contributed by atoms with van der Waals surface area (Å²) in [7, 11) is 0. The van der Waals surface area contributed by atoms with Gasteiger partial charge in [0.2, 0.25) is 0 Å². The van der Waals surface area contributed by atoms with Crippen LogP contribution in [-0.2, 0) is 0 Å². The van der Waals surface area contributed by atoms with E-state index in [0.717, 1.165) is 37.7 Å². The summed E-state index contributed by atoms with van der Waals surface area (Å²) >= 11 is 0. The fourth-order valence-corrected chi connectivity index (χ4v) is 3.67. The first-order valence-electron chi connectivity index (χ1n) is 9.69. The average Bonchev–Trinajstić information content (AvgIpc) is 3.20. The highest BCUT2D eigenvalue weighted by Gasteiger charge is 2.19. The predicted molar refractivity (Wildman–Crippen MR) is 105 cm³/mol. The van der Waals surface area contributed by atoms with E-state index in [-0.39, 0.29) is 5.82 Å². The van der Waals surface area contributed by atoms with Gasteiger partial charge in [0.15, 0.2) is 5.75 Å². The first-order valence-corrected chi connectivity index (χ1v) is 9.69. The predicted octanol–water partition coefficient (Wildman–Crippen LogP) is 3.75. The Labute approximate surface area is 163 Å². The third kappa shape index (κ3) is 4.20. The van der Waals surface area contributed by atoms with E-state index in [9.17, 15) is 4.39 Å². The third-order valence-corrected chi connectivity index (χ3v) is 5.31. The first-order chi connectivity index (χ1) is 13.7. The molecule has 3 aromatic rings. The minimum atomic E-state index is -0.330. The second kappa shape index (κ2) is 8.48. The van der Waals surface area contributed by atoms with E-state index >= 15 is 0 Å². The van der Waals surface area contributed by atoms with Crippen molar-refractivity contribution < 1.29 is 9.13 Å². The summed E-state index contributed by atoms with van der Waals surface area (Å²) in [5, 5.41) is 4.27. The van der Waals surface area contributed by atoms with Crippen molar-refractivity contribution in [3.8, 4) is 22.7 Å². The zero-order valence-electron chi connectivity index (χ0n) is 15.7. The molecule has 28 heavy (non-hydrogen) atoms. The van der Waals surface area contributed by atoms with Crippen molar-refractivity contribution in [3.63, 3.8) is 0 Å². The molecule has 146 valence electrons. The molecular formula is C21H24FN5O. The Bertz CT molecular complexity index is 920. The van der Waals surface area contributed by atoms with E-state index in [4.69, 9.17) is 10.5 Å². The van der Waals surface area contributed by atoms with Crippen LogP contribution in [0.15, 0.2) is 49.2 Å². The summed E-state index contributed by atoms with van der Waals surface area (Å²) in [6, 6.07) is 6.88. The quantitative estimate of drug-likeness (QED) is 0.703. The van der Waals surface area contributed by atoms with Gasteiger partial charge in [-0.2, -0.15) is 5.10 Å². The summed E-state index contributed by atoms with van der Waals surface area (Å²) in [5.41, 5.74) is 7.77. The number of rotatable bonds is 6. The number of para-hydroxylation sites is 1. The van der Waals surface area contributed by atoms with Crippen LogP contribution in [-0.4, -0.2) is 32.4 Å². The van der Waals surface area contributed by atoms with Crippen molar-refractivity contribution >= 4 is 0 Å². The molecule has 0 amide bonds. The molecule has 1 fully saturated rings. The number of nitrogens with zero attached hydrogens (tertiary/aromatic N) is 4. The van der Waals surface area contributed by atoms with Gasteiger partial charge in [0.05, 0.1) is 19.0 Å². The normalized spacial score (nSPS) is 19.5. The van der Waals surface area contributed by atoms with Gasteiger partial charge in [-0.05, 0) is 50.2 Å². The molecular weight excluding hydrogens is 357 g/mol. The van der Waals surface area contributed by atoms with Crippen LogP contribution >= 0.6 is 0 Å². The number of ether oxygens (including phenoxy) is 1. The van der Waals surface area contributed by atoms with Crippen LogP contribution in [0.5, 0.6) is 5.75 Å². The van der Waals surface area contributed by atoms with E-state index in [1.165, 1.54) is 17.1 Å². The molecule has 4 rings (SSSR count). The largest absolute Gasteiger partial charge is 0.490 e. The van der Waals surface area contributed by atoms with Crippen molar-refractivity contribution in [1.29, 1.82) is 0 Å². The molecule has 7 heteroatoms. The molecule has 0 bridgehead atoms. The number of halogens is 1. The smallest absolute Gasteiger partial charge is 0.163 e. The highest BCUT2D eigenvalue weighted by molar-refractivity contribution is 5.64. The highest BCUT2D eigenvalue weighted by Crippen LogP contribution is 2.29. The van der Waals surface area contributed by atoms with Gasteiger partial charge in [0.25, 0.3) is 0 Å². The molecule has 1 aliphatic carbocycles. The number of nitrogens with two attached hydrogens (primary N) is 1. The first kappa shape index (κ1) is 18.6. The number of hydrogen-bond donors (Lipinski definition) is 1. The Hall–Kier alpha value is -2.80. The van der Waals surface area contributed by atoms with Gasteiger partial charge in [-0.25, -0.2) is 19.0 Å². The molecule has 2 N–H and O–H groups in total. The minimum Gasteiger partial charge on any atom is -0.490 e. The maximum absolute atomic E-state index is 14.0. The standard InChI is InChI=1S/C21H24FN5O/c22-18-3-1-2-4-19(18)27-13-16(11-26-27)21-20(12-24-14-25-21)28-10-9-15-5-7-17(23)8-6-15/h1-4,11-15,17H,5-10,23H2/t15-,17+. The van der Waals surface area contributed by atoms with Gasteiger partial charge < -0.3 is 10.5 Å². The lowest BCUT2D eigenvalue weighted by molar-refractivity contribution is 0.237. The molecule has 0 atom stereocenters. The summed E-state index contributed by atoms with van der Waals surface area (Å²) < 4.78 is 21.5. The van der Waals surface area contributed by atoms with E-state index in [0.29, 0.717) is 35.7 Å². The van der Waals surface area contributed by atoms with Crippen LogP contribution in [0.25, 0.3) is 16.9 Å². The van der Waals surface area contributed by atoms with E-state index in [1.807, 2.05) is 0 Å². The van der Waals surface area contributed by atoms with E-state index < -0.39 is 0 Å². The molecule has 1 aliphatic rings. The average molecular weight is 381 g/mol. The molecule has 2 aromatic heterocycles. The van der Waals surface area contributed by atoms with Gasteiger partial charge >= 0.3 is 0 Å². The molecule has 0 aliphatic heterocycles. The second-order valence-electron chi connectivity index (χ2n) is 7.28. The molecule has 1 aromatic carbocycles. The molecule has 0 unspecified atom stereocenters. The van der Waals surface area contributed by atoms with Gasteiger partial charge in [0, 0.05) is 17.8 Å². The van der Waals surface area contributed by atoms with Crippen molar-refractivity contribution in [3.05, 3.63) is 55.0 Å². The van der Waals surface area contributed by atoms with Crippen LogP contribution in [0.3, 0.4) is 0 Å². The molecule has 0 saturated heterocycles. The van der Waals surface area contributed by atoms with Crippen molar-refractivity contribution in [2.45, 2.75) is 38.1 Å². The van der Waals surface area contributed by atoms with Crippen molar-refractivity contribution in [2.75, 3.05) is 6.61 Å². The lowest BCUT2D eigenvalue weighted by atomic mass is 9.85. The Morgan fingerprint density at radius 3 is 2.79 bits per heavy atom. The summed E-state index contributed by atoms with van der Waals surface area (Å²) in [6.45, 7) is 0.613. The van der Waals surface area contributed by atoms with Gasteiger partial charge in [-0.15, -0.1) is 0 Å². The Kier molecular flexibility index (Phi) is 5.62. The monoisotopic (exact) mass is 381 g/mol. The fraction of sp³-hybridized carbons (Fsp3) is 0.381. The Balaban J connectivity index is 1.45. The lowest BCUT2D eigenvalue weighted by Gasteiger charge is -2.25. The van der Waals surface area contributed by atoms with Gasteiger partial charge in [0.1, 0.15) is 23.5 Å². The van der Waals surface area contributed by atoms with E-state index in [1.54, 1.807) is 36.8 Å². The Morgan fingerprint density at radius 2 is 1.96 bits per heavy atom. The molecule has 0 spiro atoms. The molecule has 0 radical (unpaired) electrons. The van der Waals surface area contributed by atoms with Crippen LogP contribution in [0.2, 0.25) is 0 Å². The van der Waals surface area contributed by atoms with Crippen molar-refractivity contribution in [2.24, 2.45) is 11.7 Å². The maximum Gasteiger partial charge on any atom is 0.163 e. The van der Waals surface area contributed by atoms with Crippen LogP contribution in [0.1, 0.15) is 32.1 Å². The van der Waals surface area contributed by atoms with Crippen LogP contribution < -0.4 is 10.5 Å². The Morgan fingerprint density at radius 1 is 1.14 bits per heavy atom. The topological polar surface area (TPSA) is 78.8 Å². The SMILES string of the molecule is N[C@H]1CC[C@@H](CCOc2cncnc2-c2cnn(-c3ccccc3F)c2)CC1. The summed E-state index contributed by atoms with van der Waals surface area (Å²) in [5.74, 6) is 0.947. The second-order valence-corrected chi connectivity index (χ2v) is 7.28. The van der Waals surface area contributed by atoms with Crippen LogP contribution in [0, 0.1) is 11.7 Å². The zero-order valence-corrected chi connectivity index (χ0v) is 15.7. The fourth-order valence-electron chi connectivity index (χ4n) is 3.67. The number of aromatic nitrogens is 4. The van der Waals surface area contributed by atoms with Gasteiger partial charge in [-0.1, -0.05) is 12.1 Å². The number of hydrogen-bond acceptors (Lipinski definition) is 5. The third-order valence-electron chi connectivity index (χ3n) is 5.31. The summed E-state index contributed by atoms with van der Waals surface area (Å²) in [6.07, 6.45) is 12.1. The molecule has 2 heterocycles. The molecule has 1 saturated carbocycles. The van der Waals surface area contributed by atoms with Gasteiger partial charge in [-0.3, -0.25) is 0 Å². The highest BCUT2D eigenvalue weighted by atomic mass is 19.1. The zero-order chi connectivity index (χ0) is 19.3. The minimum absolute atomic E-state index is 0.330. The maximum atomic E-state index is 14.0. The van der Waals surface area contributed by atoms with E-state index in [2.05, 4.69) is 15.1 Å². The lowest BCUT2D eigenvalue weighted by Crippen LogP contribution is -2.27. The van der Waals surface area contributed by atoms with Crippen molar-refractivity contribution in [1.82, 2.24) is 19.7 Å². The van der Waals surface area contributed by atoms with Crippen LogP contribution in [0.4, 0.5) is 4.39 Å².